The van der Waals surface area contributed by atoms with E-state index in [1.165, 1.54) is 5.56 Å². The molecule has 0 unspecified atom stereocenters. The molecule has 2 rings (SSSR count). The lowest BCUT2D eigenvalue weighted by atomic mass is 10.2. The van der Waals surface area contributed by atoms with E-state index < -0.39 is 0 Å². The zero-order valence-corrected chi connectivity index (χ0v) is 11.4. The Balaban J connectivity index is 2.21. The first-order valence-corrected chi connectivity index (χ1v) is 6.50. The highest BCUT2D eigenvalue weighted by Crippen LogP contribution is 2.24. The maximum Gasteiger partial charge on any atom is 0.143 e. The van der Waals surface area contributed by atoms with Gasteiger partial charge in [0, 0.05) is 19.3 Å². The minimum Gasteiger partial charge on any atom is -0.352 e. The molecule has 0 N–H and O–H groups in total. The molecule has 2 nitrogen and oxygen atoms in total. The van der Waals surface area contributed by atoms with Crippen LogP contribution in [0, 0.1) is 0 Å². The third-order valence-electron chi connectivity index (χ3n) is 2.64. The molecule has 0 saturated carbocycles. The van der Waals surface area contributed by atoms with Crippen LogP contribution < -0.4 is 4.90 Å². The molecular formula is C14H15BrN2. The summed E-state index contributed by atoms with van der Waals surface area (Å²) in [7, 11) is 0. The molecule has 88 valence electrons. The molecule has 2 aromatic rings. The SMILES string of the molecule is CCN(Cc1ccccc1)c1ncccc1Br. The summed E-state index contributed by atoms with van der Waals surface area (Å²) >= 11 is 3.55. The van der Waals surface area contributed by atoms with Crippen molar-refractivity contribution < 1.29 is 0 Å². The van der Waals surface area contributed by atoms with Crippen LogP contribution in [0.2, 0.25) is 0 Å². The van der Waals surface area contributed by atoms with Crippen LogP contribution in [0.15, 0.2) is 53.1 Å². The number of benzene rings is 1. The Morgan fingerprint density at radius 2 is 1.88 bits per heavy atom. The Morgan fingerprint density at radius 1 is 1.12 bits per heavy atom. The average Bonchev–Trinajstić information content (AvgIpc) is 2.38. The van der Waals surface area contributed by atoms with E-state index in [0.717, 1.165) is 23.4 Å². The van der Waals surface area contributed by atoms with E-state index >= 15 is 0 Å². The fraction of sp³-hybridized carbons (Fsp3) is 0.214. The zero-order valence-electron chi connectivity index (χ0n) is 9.81. The number of anilines is 1. The zero-order chi connectivity index (χ0) is 12.1. The van der Waals surface area contributed by atoms with Crippen LogP contribution >= 0.6 is 15.9 Å². The Kier molecular flexibility index (Phi) is 4.15. The van der Waals surface area contributed by atoms with E-state index in [4.69, 9.17) is 0 Å². The molecule has 0 radical (unpaired) electrons. The Bertz CT molecular complexity index is 471. The number of pyridine rings is 1. The Morgan fingerprint density at radius 3 is 2.53 bits per heavy atom. The smallest absolute Gasteiger partial charge is 0.143 e. The third kappa shape index (κ3) is 3.07. The Labute approximate surface area is 110 Å². The number of hydrogen-bond donors (Lipinski definition) is 0. The molecule has 0 spiro atoms. The van der Waals surface area contributed by atoms with Crippen molar-refractivity contribution in [3.05, 3.63) is 58.7 Å². The van der Waals surface area contributed by atoms with Crippen LogP contribution in [0.5, 0.6) is 0 Å². The second kappa shape index (κ2) is 5.82. The van der Waals surface area contributed by atoms with Crippen molar-refractivity contribution >= 4 is 21.7 Å². The van der Waals surface area contributed by atoms with Crippen LogP contribution in [0.25, 0.3) is 0 Å². The van der Waals surface area contributed by atoms with Crippen LogP contribution in [0.4, 0.5) is 5.82 Å². The van der Waals surface area contributed by atoms with Crippen LogP contribution in [-0.2, 0) is 6.54 Å². The molecule has 17 heavy (non-hydrogen) atoms. The summed E-state index contributed by atoms with van der Waals surface area (Å²) in [6.45, 7) is 3.96. The van der Waals surface area contributed by atoms with E-state index in [-0.39, 0.29) is 0 Å². The summed E-state index contributed by atoms with van der Waals surface area (Å²) in [5.74, 6) is 0.999. The van der Waals surface area contributed by atoms with Crippen molar-refractivity contribution in [2.24, 2.45) is 0 Å². The van der Waals surface area contributed by atoms with Gasteiger partial charge in [-0.3, -0.25) is 0 Å². The van der Waals surface area contributed by atoms with Gasteiger partial charge in [-0.15, -0.1) is 0 Å². The number of halogens is 1. The number of rotatable bonds is 4. The molecule has 0 atom stereocenters. The largest absolute Gasteiger partial charge is 0.352 e. The molecule has 0 bridgehead atoms. The van der Waals surface area contributed by atoms with Gasteiger partial charge in [0.2, 0.25) is 0 Å². The number of aromatic nitrogens is 1. The average molecular weight is 291 g/mol. The summed E-state index contributed by atoms with van der Waals surface area (Å²) < 4.78 is 1.04. The first kappa shape index (κ1) is 12.1. The molecule has 1 aromatic heterocycles. The van der Waals surface area contributed by atoms with Gasteiger partial charge in [0.25, 0.3) is 0 Å². The highest BCUT2D eigenvalue weighted by molar-refractivity contribution is 9.10. The predicted octanol–water partition coefficient (Wildman–Crippen LogP) is 3.87. The molecule has 1 heterocycles. The molecule has 0 aliphatic rings. The van der Waals surface area contributed by atoms with Crippen molar-refractivity contribution in [1.29, 1.82) is 0 Å². The van der Waals surface area contributed by atoms with Gasteiger partial charge in [-0.2, -0.15) is 0 Å². The maximum absolute atomic E-state index is 4.42. The van der Waals surface area contributed by atoms with E-state index in [2.05, 4.69) is 57.0 Å². The van der Waals surface area contributed by atoms with Gasteiger partial charge >= 0.3 is 0 Å². The van der Waals surface area contributed by atoms with Gasteiger partial charge in [-0.25, -0.2) is 4.98 Å². The molecule has 0 aliphatic heterocycles. The second-order valence-corrected chi connectivity index (χ2v) is 4.66. The van der Waals surface area contributed by atoms with Gasteiger partial charge in [-0.1, -0.05) is 30.3 Å². The van der Waals surface area contributed by atoms with E-state index in [0.29, 0.717) is 0 Å². The van der Waals surface area contributed by atoms with E-state index in [1.54, 1.807) is 0 Å². The number of hydrogen-bond acceptors (Lipinski definition) is 2. The lowest BCUT2D eigenvalue weighted by molar-refractivity contribution is 0.811. The normalized spacial score (nSPS) is 10.2. The molecule has 0 saturated heterocycles. The lowest BCUT2D eigenvalue weighted by Crippen LogP contribution is -2.23. The van der Waals surface area contributed by atoms with Crippen LogP contribution in [0.1, 0.15) is 12.5 Å². The standard InChI is InChI=1S/C14H15BrN2/c1-2-17(11-12-7-4-3-5-8-12)14-13(15)9-6-10-16-14/h3-10H,2,11H2,1H3. The first-order chi connectivity index (χ1) is 8.31. The van der Waals surface area contributed by atoms with Crippen molar-refractivity contribution in [1.82, 2.24) is 4.98 Å². The van der Waals surface area contributed by atoms with Crippen LogP contribution in [0.3, 0.4) is 0 Å². The summed E-state index contributed by atoms with van der Waals surface area (Å²) in [6.07, 6.45) is 1.83. The number of nitrogens with zero attached hydrogens (tertiary/aromatic N) is 2. The minimum atomic E-state index is 0.882. The first-order valence-electron chi connectivity index (χ1n) is 5.70. The van der Waals surface area contributed by atoms with Crippen molar-refractivity contribution in [3.63, 3.8) is 0 Å². The maximum atomic E-state index is 4.42. The topological polar surface area (TPSA) is 16.1 Å². The molecule has 0 fully saturated rings. The summed E-state index contributed by atoms with van der Waals surface area (Å²) in [5, 5.41) is 0. The van der Waals surface area contributed by atoms with Crippen LogP contribution in [-0.4, -0.2) is 11.5 Å². The molecule has 0 aliphatic carbocycles. The molecule has 3 heteroatoms. The summed E-state index contributed by atoms with van der Waals surface area (Å²) in [4.78, 5) is 6.67. The van der Waals surface area contributed by atoms with Gasteiger partial charge in [0.1, 0.15) is 5.82 Å². The predicted molar refractivity (Wildman–Crippen MR) is 75.1 cm³/mol. The summed E-state index contributed by atoms with van der Waals surface area (Å²) in [5.41, 5.74) is 1.30. The van der Waals surface area contributed by atoms with Crippen molar-refractivity contribution in [3.8, 4) is 0 Å². The minimum absolute atomic E-state index is 0.882. The lowest BCUT2D eigenvalue weighted by Gasteiger charge is -2.23. The fourth-order valence-electron chi connectivity index (χ4n) is 1.75. The molecule has 0 amide bonds. The monoisotopic (exact) mass is 290 g/mol. The second-order valence-electron chi connectivity index (χ2n) is 3.81. The fourth-order valence-corrected chi connectivity index (χ4v) is 2.26. The van der Waals surface area contributed by atoms with Gasteiger partial charge in [-0.05, 0) is 40.5 Å². The van der Waals surface area contributed by atoms with Gasteiger partial charge in [0.05, 0.1) is 4.47 Å². The van der Waals surface area contributed by atoms with Crippen molar-refractivity contribution in [2.75, 3.05) is 11.4 Å². The highest BCUT2D eigenvalue weighted by atomic mass is 79.9. The Hall–Kier alpha value is -1.35. The molecular weight excluding hydrogens is 276 g/mol. The quantitative estimate of drug-likeness (QED) is 0.850. The highest BCUT2D eigenvalue weighted by Gasteiger charge is 2.09. The van der Waals surface area contributed by atoms with E-state index in [1.807, 2.05) is 24.4 Å². The van der Waals surface area contributed by atoms with Gasteiger partial charge in [0.15, 0.2) is 0 Å². The molecule has 1 aromatic carbocycles. The third-order valence-corrected chi connectivity index (χ3v) is 3.26. The van der Waals surface area contributed by atoms with E-state index in [9.17, 15) is 0 Å². The summed E-state index contributed by atoms with van der Waals surface area (Å²) in [6, 6.07) is 14.4. The van der Waals surface area contributed by atoms with Gasteiger partial charge < -0.3 is 4.90 Å². The van der Waals surface area contributed by atoms with Crippen molar-refractivity contribution in [2.45, 2.75) is 13.5 Å².